The van der Waals surface area contributed by atoms with Crippen LogP contribution in [-0.4, -0.2) is 25.6 Å². The molecule has 1 N–H and O–H groups in total. The predicted molar refractivity (Wildman–Crippen MR) is 133 cm³/mol. The number of thiophene rings is 1. The Bertz CT molecular complexity index is 1150. The molecule has 2 unspecified atom stereocenters. The fourth-order valence-electron chi connectivity index (χ4n) is 3.97. The van der Waals surface area contributed by atoms with E-state index < -0.39 is 5.97 Å². The number of carbonyl (C=O) groups excluding carboxylic acids is 2. The second-order valence-electron chi connectivity index (χ2n) is 8.09. The first-order valence-corrected chi connectivity index (χ1v) is 12.1. The lowest BCUT2D eigenvalue weighted by Gasteiger charge is -2.10. The van der Waals surface area contributed by atoms with Crippen molar-refractivity contribution >= 4 is 39.8 Å². The third kappa shape index (κ3) is 5.07. The van der Waals surface area contributed by atoms with E-state index in [1.54, 1.807) is 7.11 Å². The number of esters is 1. The van der Waals surface area contributed by atoms with E-state index in [4.69, 9.17) is 21.1 Å². The van der Waals surface area contributed by atoms with Crippen LogP contribution in [0.25, 0.3) is 11.1 Å². The van der Waals surface area contributed by atoms with Gasteiger partial charge in [0.25, 0.3) is 0 Å². The predicted octanol–water partition coefficient (Wildman–Crippen LogP) is 6.69. The van der Waals surface area contributed by atoms with E-state index in [0.29, 0.717) is 22.2 Å². The molecule has 1 aromatic heterocycles. The maximum absolute atomic E-state index is 13.1. The average Bonchev–Trinajstić information content (AvgIpc) is 3.55. The van der Waals surface area contributed by atoms with E-state index in [1.165, 1.54) is 11.3 Å². The SMILES string of the molecule is CCCOC(=O)c1c(NC(=O)C2CC2c2ccc(Cl)cc2)sc(C)c1-c1ccc(OC)cc1. The second kappa shape index (κ2) is 9.98. The Morgan fingerprint density at radius 3 is 2.45 bits per heavy atom. The summed E-state index contributed by atoms with van der Waals surface area (Å²) in [5.41, 5.74) is 3.17. The maximum atomic E-state index is 13.1. The van der Waals surface area contributed by atoms with Gasteiger partial charge >= 0.3 is 5.97 Å². The van der Waals surface area contributed by atoms with Crippen molar-refractivity contribution in [3.8, 4) is 16.9 Å². The number of ether oxygens (including phenoxy) is 2. The Kier molecular flexibility index (Phi) is 7.05. The van der Waals surface area contributed by atoms with E-state index in [2.05, 4.69) is 5.32 Å². The van der Waals surface area contributed by atoms with Crippen LogP contribution >= 0.6 is 22.9 Å². The van der Waals surface area contributed by atoms with Crippen molar-refractivity contribution in [1.29, 1.82) is 0 Å². The minimum Gasteiger partial charge on any atom is -0.497 e. The summed E-state index contributed by atoms with van der Waals surface area (Å²) < 4.78 is 10.7. The summed E-state index contributed by atoms with van der Waals surface area (Å²) >= 11 is 7.38. The molecule has 0 aliphatic heterocycles. The Hall–Kier alpha value is -2.83. The Morgan fingerprint density at radius 2 is 1.82 bits per heavy atom. The van der Waals surface area contributed by atoms with Crippen LogP contribution in [0.5, 0.6) is 5.75 Å². The molecular formula is C26H26ClNO4S. The molecule has 5 nitrogen and oxygen atoms in total. The highest BCUT2D eigenvalue weighted by molar-refractivity contribution is 7.17. The van der Waals surface area contributed by atoms with Crippen molar-refractivity contribution in [3.05, 3.63) is 69.6 Å². The van der Waals surface area contributed by atoms with Crippen LogP contribution in [0.1, 0.15) is 46.5 Å². The minimum absolute atomic E-state index is 0.0815. The third-order valence-electron chi connectivity index (χ3n) is 5.77. The molecule has 1 fully saturated rings. The summed E-state index contributed by atoms with van der Waals surface area (Å²) in [6.07, 6.45) is 1.50. The van der Waals surface area contributed by atoms with E-state index in [1.807, 2.05) is 62.4 Å². The molecule has 1 saturated carbocycles. The molecule has 172 valence electrons. The van der Waals surface area contributed by atoms with Crippen molar-refractivity contribution in [2.24, 2.45) is 5.92 Å². The topological polar surface area (TPSA) is 64.6 Å². The molecule has 7 heteroatoms. The van der Waals surface area contributed by atoms with E-state index in [9.17, 15) is 9.59 Å². The zero-order chi connectivity index (χ0) is 23.5. The Balaban J connectivity index is 1.61. The van der Waals surface area contributed by atoms with Crippen LogP contribution in [0.2, 0.25) is 5.02 Å². The number of aryl methyl sites for hydroxylation is 1. The van der Waals surface area contributed by atoms with Crippen LogP contribution in [0, 0.1) is 12.8 Å². The monoisotopic (exact) mass is 483 g/mol. The first kappa shape index (κ1) is 23.3. The molecule has 0 spiro atoms. The molecule has 1 aliphatic carbocycles. The molecule has 3 aromatic rings. The highest BCUT2D eigenvalue weighted by atomic mass is 35.5. The fraction of sp³-hybridized carbons (Fsp3) is 0.308. The number of anilines is 1. The number of hydrogen-bond donors (Lipinski definition) is 1. The fourth-order valence-corrected chi connectivity index (χ4v) is 5.16. The zero-order valence-electron chi connectivity index (χ0n) is 18.8. The summed E-state index contributed by atoms with van der Waals surface area (Å²) in [6.45, 7) is 4.22. The molecule has 2 aromatic carbocycles. The molecule has 2 atom stereocenters. The highest BCUT2D eigenvalue weighted by Gasteiger charge is 2.44. The quantitative estimate of drug-likeness (QED) is 0.362. The average molecular weight is 484 g/mol. The van der Waals surface area contributed by atoms with Crippen LogP contribution in [0.15, 0.2) is 48.5 Å². The molecule has 0 radical (unpaired) electrons. The molecule has 4 rings (SSSR count). The van der Waals surface area contributed by atoms with Gasteiger partial charge in [-0.1, -0.05) is 42.8 Å². The van der Waals surface area contributed by atoms with Gasteiger partial charge in [-0.15, -0.1) is 11.3 Å². The van der Waals surface area contributed by atoms with Gasteiger partial charge in [0, 0.05) is 21.4 Å². The number of carbonyl (C=O) groups is 2. The van der Waals surface area contributed by atoms with Gasteiger partial charge in [-0.05, 0) is 61.1 Å². The number of rotatable bonds is 8. The van der Waals surface area contributed by atoms with Gasteiger partial charge in [0.1, 0.15) is 16.3 Å². The maximum Gasteiger partial charge on any atom is 0.341 e. The molecule has 1 aliphatic rings. The number of benzene rings is 2. The largest absolute Gasteiger partial charge is 0.497 e. The van der Waals surface area contributed by atoms with Crippen molar-refractivity contribution in [2.75, 3.05) is 19.0 Å². The van der Waals surface area contributed by atoms with Crippen LogP contribution in [0.3, 0.4) is 0 Å². The summed E-state index contributed by atoms with van der Waals surface area (Å²) in [5, 5.41) is 4.23. The molecule has 0 bridgehead atoms. The summed E-state index contributed by atoms with van der Waals surface area (Å²) in [5.74, 6) is 0.268. The van der Waals surface area contributed by atoms with Crippen LogP contribution in [0.4, 0.5) is 5.00 Å². The Morgan fingerprint density at radius 1 is 1.12 bits per heavy atom. The van der Waals surface area contributed by atoms with Crippen LogP contribution in [-0.2, 0) is 9.53 Å². The van der Waals surface area contributed by atoms with Gasteiger partial charge in [-0.25, -0.2) is 4.79 Å². The summed E-state index contributed by atoms with van der Waals surface area (Å²) in [4.78, 5) is 27.0. The number of amides is 1. The van der Waals surface area contributed by atoms with E-state index in [0.717, 1.165) is 40.2 Å². The van der Waals surface area contributed by atoms with Gasteiger partial charge in [0.15, 0.2) is 0 Å². The van der Waals surface area contributed by atoms with Crippen molar-refractivity contribution in [1.82, 2.24) is 0 Å². The Labute approximate surface area is 202 Å². The van der Waals surface area contributed by atoms with Crippen LogP contribution < -0.4 is 10.1 Å². The standard InChI is InChI=1S/C26H26ClNO4S/c1-4-13-32-26(30)23-22(17-7-11-19(31-3)12-8-17)15(2)33-25(23)28-24(29)21-14-20(21)16-5-9-18(27)10-6-16/h5-12,20-21H,4,13-14H2,1-3H3,(H,28,29). The first-order chi connectivity index (χ1) is 15.9. The second-order valence-corrected chi connectivity index (χ2v) is 9.75. The van der Waals surface area contributed by atoms with E-state index >= 15 is 0 Å². The number of methoxy groups -OCH3 is 1. The van der Waals surface area contributed by atoms with Gasteiger partial charge < -0.3 is 14.8 Å². The van der Waals surface area contributed by atoms with E-state index in [-0.39, 0.29) is 17.7 Å². The molecular weight excluding hydrogens is 458 g/mol. The smallest absolute Gasteiger partial charge is 0.341 e. The minimum atomic E-state index is -0.424. The summed E-state index contributed by atoms with van der Waals surface area (Å²) in [6, 6.07) is 15.1. The lowest BCUT2D eigenvalue weighted by Crippen LogP contribution is -2.17. The van der Waals surface area contributed by atoms with Gasteiger partial charge in [0.2, 0.25) is 5.91 Å². The molecule has 1 amide bonds. The number of hydrogen-bond acceptors (Lipinski definition) is 5. The lowest BCUT2D eigenvalue weighted by atomic mass is 10.0. The van der Waals surface area contributed by atoms with Crippen molar-refractivity contribution in [2.45, 2.75) is 32.6 Å². The molecule has 1 heterocycles. The molecule has 0 saturated heterocycles. The summed E-state index contributed by atoms with van der Waals surface area (Å²) in [7, 11) is 1.61. The first-order valence-electron chi connectivity index (χ1n) is 10.9. The normalized spacial score (nSPS) is 16.8. The lowest BCUT2D eigenvalue weighted by molar-refractivity contribution is -0.117. The third-order valence-corrected chi connectivity index (χ3v) is 7.04. The van der Waals surface area contributed by atoms with Crippen molar-refractivity contribution < 1.29 is 19.1 Å². The number of halogens is 1. The number of nitrogens with one attached hydrogen (secondary N) is 1. The molecule has 33 heavy (non-hydrogen) atoms. The zero-order valence-corrected chi connectivity index (χ0v) is 20.4. The van der Waals surface area contributed by atoms with Gasteiger partial charge in [-0.2, -0.15) is 0 Å². The van der Waals surface area contributed by atoms with Crippen molar-refractivity contribution in [3.63, 3.8) is 0 Å². The highest BCUT2D eigenvalue weighted by Crippen LogP contribution is 2.49. The van der Waals surface area contributed by atoms with Gasteiger partial charge in [-0.3, -0.25) is 4.79 Å². The van der Waals surface area contributed by atoms with Gasteiger partial charge in [0.05, 0.1) is 13.7 Å².